The van der Waals surface area contributed by atoms with Gasteiger partial charge in [-0.15, -0.1) is 0 Å². The number of hydrogen-bond donors (Lipinski definition) is 1. The smallest absolute Gasteiger partial charge is 0.274 e. The zero-order valence-corrected chi connectivity index (χ0v) is 11.2. The van der Waals surface area contributed by atoms with Crippen molar-refractivity contribution in [3.63, 3.8) is 0 Å². The minimum absolute atomic E-state index is 0.147. The SMILES string of the molecule is CCC(C)Nc1cc([N+](=O)[O-])c(C)cc1Br. The van der Waals surface area contributed by atoms with Crippen LogP contribution < -0.4 is 5.32 Å². The van der Waals surface area contributed by atoms with Crippen LogP contribution in [0.25, 0.3) is 0 Å². The zero-order valence-electron chi connectivity index (χ0n) is 9.58. The molecule has 0 radical (unpaired) electrons. The molecule has 0 spiro atoms. The molecule has 1 aromatic rings. The van der Waals surface area contributed by atoms with Gasteiger partial charge in [0.25, 0.3) is 5.69 Å². The summed E-state index contributed by atoms with van der Waals surface area (Å²) in [4.78, 5) is 10.4. The molecule has 4 nitrogen and oxygen atoms in total. The van der Waals surface area contributed by atoms with Gasteiger partial charge in [-0.1, -0.05) is 6.92 Å². The van der Waals surface area contributed by atoms with Crippen LogP contribution in [0, 0.1) is 17.0 Å². The number of halogens is 1. The predicted octanol–water partition coefficient (Wildman–Crippen LogP) is 3.88. The fourth-order valence-electron chi connectivity index (χ4n) is 1.34. The monoisotopic (exact) mass is 286 g/mol. The van der Waals surface area contributed by atoms with Crippen LogP contribution >= 0.6 is 15.9 Å². The molecule has 0 aliphatic carbocycles. The number of nitrogens with one attached hydrogen (secondary N) is 1. The third kappa shape index (κ3) is 2.95. The first-order valence-electron chi connectivity index (χ1n) is 5.16. The fraction of sp³-hybridized carbons (Fsp3) is 0.455. The van der Waals surface area contributed by atoms with Crippen LogP contribution in [-0.2, 0) is 0 Å². The van der Waals surface area contributed by atoms with Crippen LogP contribution in [0.5, 0.6) is 0 Å². The van der Waals surface area contributed by atoms with Gasteiger partial charge in [0.1, 0.15) is 0 Å². The summed E-state index contributed by atoms with van der Waals surface area (Å²) in [6.07, 6.45) is 0.966. The number of benzene rings is 1. The quantitative estimate of drug-likeness (QED) is 0.675. The van der Waals surface area contributed by atoms with Gasteiger partial charge < -0.3 is 5.32 Å². The standard InChI is InChI=1S/C11H15BrN2O2/c1-4-8(3)13-10-6-11(14(15)16)7(2)5-9(10)12/h5-6,8,13H,4H2,1-3H3. The van der Waals surface area contributed by atoms with Crippen molar-refractivity contribution < 1.29 is 4.92 Å². The van der Waals surface area contributed by atoms with Crippen LogP contribution in [-0.4, -0.2) is 11.0 Å². The van der Waals surface area contributed by atoms with Crippen molar-refractivity contribution in [3.8, 4) is 0 Å². The van der Waals surface area contributed by atoms with Crippen LogP contribution in [0.4, 0.5) is 11.4 Å². The third-order valence-corrected chi connectivity index (χ3v) is 3.15. The molecule has 0 heterocycles. The number of aryl methyl sites for hydroxylation is 1. The van der Waals surface area contributed by atoms with Gasteiger partial charge in [0.2, 0.25) is 0 Å². The van der Waals surface area contributed by atoms with Gasteiger partial charge in [0, 0.05) is 22.1 Å². The summed E-state index contributed by atoms with van der Waals surface area (Å²) in [5, 5.41) is 14.0. The molecule has 1 aromatic carbocycles. The van der Waals surface area contributed by atoms with Crippen LogP contribution in [0.2, 0.25) is 0 Å². The Bertz CT molecular complexity index is 407. The number of hydrogen-bond acceptors (Lipinski definition) is 3. The third-order valence-electron chi connectivity index (χ3n) is 2.50. The molecule has 0 fully saturated rings. The number of nitro benzene ring substituents is 1. The minimum Gasteiger partial charge on any atom is -0.381 e. The van der Waals surface area contributed by atoms with E-state index < -0.39 is 0 Å². The molecular formula is C11H15BrN2O2. The van der Waals surface area contributed by atoms with Gasteiger partial charge in [-0.2, -0.15) is 0 Å². The normalized spacial score (nSPS) is 12.2. The average molecular weight is 287 g/mol. The molecule has 0 aliphatic heterocycles. The maximum absolute atomic E-state index is 10.8. The van der Waals surface area contributed by atoms with Crippen molar-refractivity contribution in [3.05, 3.63) is 32.3 Å². The van der Waals surface area contributed by atoms with Crippen LogP contribution in [0.15, 0.2) is 16.6 Å². The van der Waals surface area contributed by atoms with E-state index in [1.54, 1.807) is 19.1 Å². The van der Waals surface area contributed by atoms with E-state index in [2.05, 4.69) is 28.2 Å². The topological polar surface area (TPSA) is 55.2 Å². The van der Waals surface area contributed by atoms with E-state index >= 15 is 0 Å². The highest BCUT2D eigenvalue weighted by molar-refractivity contribution is 9.10. The van der Waals surface area contributed by atoms with Crippen molar-refractivity contribution in [1.82, 2.24) is 0 Å². The zero-order chi connectivity index (χ0) is 12.3. The lowest BCUT2D eigenvalue weighted by atomic mass is 10.1. The van der Waals surface area contributed by atoms with Gasteiger partial charge in [-0.3, -0.25) is 10.1 Å². The van der Waals surface area contributed by atoms with E-state index in [0.29, 0.717) is 11.6 Å². The summed E-state index contributed by atoms with van der Waals surface area (Å²) in [7, 11) is 0. The molecule has 0 saturated carbocycles. The minimum atomic E-state index is -0.358. The number of nitrogens with zero attached hydrogens (tertiary/aromatic N) is 1. The maximum atomic E-state index is 10.8. The van der Waals surface area contributed by atoms with Gasteiger partial charge >= 0.3 is 0 Å². The largest absolute Gasteiger partial charge is 0.381 e. The molecule has 1 atom stereocenters. The lowest BCUT2D eigenvalue weighted by Gasteiger charge is -2.14. The van der Waals surface area contributed by atoms with Gasteiger partial charge in [-0.05, 0) is 42.3 Å². The summed E-state index contributed by atoms with van der Waals surface area (Å²) >= 11 is 3.40. The summed E-state index contributed by atoms with van der Waals surface area (Å²) in [5.74, 6) is 0. The summed E-state index contributed by atoms with van der Waals surface area (Å²) in [5.41, 5.74) is 1.58. The Morgan fingerprint density at radius 3 is 2.69 bits per heavy atom. The predicted molar refractivity (Wildman–Crippen MR) is 68.9 cm³/mol. The van der Waals surface area contributed by atoms with Crippen LogP contribution in [0.3, 0.4) is 0 Å². The Morgan fingerprint density at radius 1 is 1.56 bits per heavy atom. The summed E-state index contributed by atoms with van der Waals surface area (Å²) in [6.45, 7) is 5.84. The maximum Gasteiger partial charge on any atom is 0.274 e. The molecule has 5 heteroatoms. The highest BCUT2D eigenvalue weighted by Gasteiger charge is 2.14. The van der Waals surface area contributed by atoms with Crippen LogP contribution in [0.1, 0.15) is 25.8 Å². The van der Waals surface area contributed by atoms with Crippen molar-refractivity contribution in [2.75, 3.05) is 5.32 Å². The first kappa shape index (κ1) is 13.0. The van der Waals surface area contributed by atoms with E-state index in [1.165, 1.54) is 0 Å². The first-order chi connectivity index (χ1) is 7.45. The number of rotatable bonds is 4. The Labute approximate surface area is 103 Å². The molecule has 88 valence electrons. The van der Waals surface area contributed by atoms with E-state index in [1.807, 2.05) is 6.92 Å². The number of nitro groups is 1. The molecule has 0 amide bonds. The molecule has 1 N–H and O–H groups in total. The fourth-order valence-corrected chi connectivity index (χ4v) is 1.91. The highest BCUT2D eigenvalue weighted by atomic mass is 79.9. The molecule has 0 aromatic heterocycles. The van der Waals surface area contributed by atoms with Crippen molar-refractivity contribution in [2.45, 2.75) is 33.2 Å². The lowest BCUT2D eigenvalue weighted by Crippen LogP contribution is -2.14. The molecule has 0 bridgehead atoms. The Morgan fingerprint density at radius 2 is 2.19 bits per heavy atom. The van der Waals surface area contributed by atoms with Crippen molar-refractivity contribution in [1.29, 1.82) is 0 Å². The van der Waals surface area contributed by atoms with Gasteiger partial charge in [0.05, 0.1) is 10.6 Å². The summed E-state index contributed by atoms with van der Waals surface area (Å²) in [6, 6.07) is 3.63. The Balaban J connectivity index is 3.09. The molecule has 1 rings (SSSR count). The van der Waals surface area contributed by atoms with E-state index in [4.69, 9.17) is 0 Å². The Kier molecular flexibility index (Phi) is 4.29. The summed E-state index contributed by atoms with van der Waals surface area (Å²) < 4.78 is 0.857. The van der Waals surface area contributed by atoms with E-state index in [-0.39, 0.29) is 10.6 Å². The molecular weight excluding hydrogens is 272 g/mol. The average Bonchev–Trinajstić information content (AvgIpc) is 2.21. The molecule has 16 heavy (non-hydrogen) atoms. The van der Waals surface area contributed by atoms with Gasteiger partial charge in [0.15, 0.2) is 0 Å². The van der Waals surface area contributed by atoms with Gasteiger partial charge in [-0.25, -0.2) is 0 Å². The second-order valence-corrected chi connectivity index (χ2v) is 4.68. The van der Waals surface area contributed by atoms with E-state index in [9.17, 15) is 10.1 Å². The molecule has 0 aliphatic rings. The Hall–Kier alpha value is -1.10. The highest BCUT2D eigenvalue weighted by Crippen LogP contribution is 2.31. The second-order valence-electron chi connectivity index (χ2n) is 3.83. The van der Waals surface area contributed by atoms with E-state index in [0.717, 1.165) is 16.6 Å². The second kappa shape index (κ2) is 5.30. The lowest BCUT2D eigenvalue weighted by molar-refractivity contribution is -0.385. The van der Waals surface area contributed by atoms with Crippen molar-refractivity contribution in [2.24, 2.45) is 0 Å². The molecule has 0 saturated heterocycles. The van der Waals surface area contributed by atoms with Crippen molar-refractivity contribution >= 4 is 27.3 Å². The molecule has 1 unspecified atom stereocenters. The number of anilines is 1. The first-order valence-corrected chi connectivity index (χ1v) is 5.96.